The van der Waals surface area contributed by atoms with E-state index in [9.17, 15) is 4.79 Å². The molecule has 0 bridgehead atoms. The topological polar surface area (TPSA) is 57.8 Å². The Hall–Kier alpha value is -2.10. The Bertz CT molecular complexity index is 565. The van der Waals surface area contributed by atoms with Crippen molar-refractivity contribution in [2.75, 3.05) is 6.54 Å². The third-order valence-electron chi connectivity index (χ3n) is 2.95. The molecule has 2 aromatic rings. The number of allylic oxidation sites excluding steroid dienone is 1. The van der Waals surface area contributed by atoms with E-state index in [2.05, 4.69) is 15.3 Å². The van der Waals surface area contributed by atoms with Gasteiger partial charge >= 0.3 is 0 Å². The molecule has 4 nitrogen and oxygen atoms in total. The van der Waals surface area contributed by atoms with E-state index in [1.807, 2.05) is 44.2 Å². The lowest BCUT2D eigenvalue weighted by atomic mass is 10.2. The zero-order chi connectivity index (χ0) is 13.7. The second kappa shape index (κ2) is 6.18. The molecule has 2 rings (SSSR count). The number of carbonyl (C=O) groups is 1. The van der Waals surface area contributed by atoms with Crippen LogP contribution in [0.5, 0.6) is 0 Å². The molecule has 2 N–H and O–H groups in total. The van der Waals surface area contributed by atoms with Crippen LogP contribution in [0, 0.1) is 0 Å². The van der Waals surface area contributed by atoms with Gasteiger partial charge in [-0.15, -0.1) is 0 Å². The summed E-state index contributed by atoms with van der Waals surface area (Å²) in [7, 11) is 0. The van der Waals surface area contributed by atoms with Gasteiger partial charge in [-0.25, -0.2) is 4.98 Å². The predicted molar refractivity (Wildman–Crippen MR) is 76.9 cm³/mol. The zero-order valence-corrected chi connectivity index (χ0v) is 11.4. The number of para-hydroxylation sites is 2. The van der Waals surface area contributed by atoms with Crippen LogP contribution in [0.25, 0.3) is 11.0 Å². The van der Waals surface area contributed by atoms with E-state index < -0.39 is 0 Å². The SMILES string of the molecule is CC/C=C(\C)C(=O)NCCc1nc2ccccc2[nH]1. The number of hydrogen-bond donors (Lipinski definition) is 2. The van der Waals surface area contributed by atoms with Gasteiger partial charge in [0.2, 0.25) is 5.91 Å². The van der Waals surface area contributed by atoms with Crippen molar-refractivity contribution in [2.24, 2.45) is 0 Å². The van der Waals surface area contributed by atoms with Crippen molar-refractivity contribution in [1.82, 2.24) is 15.3 Å². The molecule has 1 aromatic heterocycles. The lowest BCUT2D eigenvalue weighted by Gasteiger charge is -2.03. The Balaban J connectivity index is 1.89. The molecule has 0 unspecified atom stereocenters. The summed E-state index contributed by atoms with van der Waals surface area (Å²) < 4.78 is 0. The van der Waals surface area contributed by atoms with E-state index in [-0.39, 0.29) is 5.91 Å². The Kier molecular flexibility index (Phi) is 4.34. The maximum Gasteiger partial charge on any atom is 0.246 e. The van der Waals surface area contributed by atoms with E-state index in [0.29, 0.717) is 13.0 Å². The van der Waals surface area contributed by atoms with Gasteiger partial charge in [0, 0.05) is 18.5 Å². The van der Waals surface area contributed by atoms with Gasteiger partial charge in [0.1, 0.15) is 5.82 Å². The Labute approximate surface area is 112 Å². The Morgan fingerprint density at radius 1 is 1.42 bits per heavy atom. The Morgan fingerprint density at radius 2 is 2.21 bits per heavy atom. The van der Waals surface area contributed by atoms with Gasteiger partial charge in [0.05, 0.1) is 11.0 Å². The molecule has 100 valence electrons. The summed E-state index contributed by atoms with van der Waals surface area (Å²) in [4.78, 5) is 19.4. The number of nitrogens with zero attached hydrogens (tertiary/aromatic N) is 1. The molecule has 1 heterocycles. The summed E-state index contributed by atoms with van der Waals surface area (Å²) in [6, 6.07) is 7.92. The number of imidazole rings is 1. The number of nitrogens with one attached hydrogen (secondary N) is 2. The van der Waals surface area contributed by atoms with E-state index in [1.54, 1.807) is 0 Å². The molecule has 4 heteroatoms. The average Bonchev–Trinajstić information content (AvgIpc) is 2.81. The van der Waals surface area contributed by atoms with Crippen molar-refractivity contribution in [3.05, 3.63) is 41.7 Å². The van der Waals surface area contributed by atoms with E-state index in [4.69, 9.17) is 0 Å². The smallest absolute Gasteiger partial charge is 0.246 e. The molecule has 0 aliphatic heterocycles. The van der Waals surface area contributed by atoms with Gasteiger partial charge in [0.15, 0.2) is 0 Å². The maximum absolute atomic E-state index is 11.7. The average molecular weight is 257 g/mol. The summed E-state index contributed by atoms with van der Waals surface area (Å²) in [5.41, 5.74) is 2.77. The summed E-state index contributed by atoms with van der Waals surface area (Å²) in [6.07, 6.45) is 3.51. The minimum Gasteiger partial charge on any atom is -0.352 e. The quantitative estimate of drug-likeness (QED) is 0.809. The van der Waals surface area contributed by atoms with Crippen LogP contribution in [0.3, 0.4) is 0 Å². The monoisotopic (exact) mass is 257 g/mol. The van der Waals surface area contributed by atoms with Crippen LogP contribution in [0.15, 0.2) is 35.9 Å². The number of amides is 1. The zero-order valence-electron chi connectivity index (χ0n) is 11.4. The van der Waals surface area contributed by atoms with Gasteiger partial charge in [-0.05, 0) is 25.5 Å². The number of aromatic amines is 1. The van der Waals surface area contributed by atoms with Crippen LogP contribution in [0.2, 0.25) is 0 Å². The molecule has 0 atom stereocenters. The van der Waals surface area contributed by atoms with Gasteiger partial charge < -0.3 is 10.3 Å². The third-order valence-corrected chi connectivity index (χ3v) is 2.95. The molecule has 19 heavy (non-hydrogen) atoms. The van der Waals surface area contributed by atoms with Gasteiger partial charge in [0.25, 0.3) is 0 Å². The number of fused-ring (bicyclic) bond motifs is 1. The van der Waals surface area contributed by atoms with Crippen LogP contribution < -0.4 is 5.32 Å². The first kappa shape index (κ1) is 13.3. The predicted octanol–water partition coefficient (Wildman–Crippen LogP) is 2.58. The largest absolute Gasteiger partial charge is 0.352 e. The van der Waals surface area contributed by atoms with Crippen molar-refractivity contribution in [1.29, 1.82) is 0 Å². The highest BCUT2D eigenvalue weighted by molar-refractivity contribution is 5.92. The molecule has 0 radical (unpaired) electrons. The number of hydrogen-bond acceptors (Lipinski definition) is 2. The third kappa shape index (κ3) is 3.44. The molecule has 1 amide bonds. The molecule has 0 aliphatic carbocycles. The van der Waals surface area contributed by atoms with Gasteiger partial charge in [-0.2, -0.15) is 0 Å². The fraction of sp³-hybridized carbons (Fsp3) is 0.333. The molecule has 0 aliphatic rings. The van der Waals surface area contributed by atoms with Crippen LogP contribution >= 0.6 is 0 Å². The minimum absolute atomic E-state index is 0.00189. The summed E-state index contributed by atoms with van der Waals surface area (Å²) in [5.74, 6) is 0.900. The van der Waals surface area contributed by atoms with E-state index >= 15 is 0 Å². The van der Waals surface area contributed by atoms with Crippen molar-refractivity contribution >= 4 is 16.9 Å². The fourth-order valence-electron chi connectivity index (χ4n) is 1.96. The minimum atomic E-state index is -0.00189. The first-order chi connectivity index (χ1) is 9.20. The van der Waals surface area contributed by atoms with Crippen molar-refractivity contribution < 1.29 is 4.79 Å². The first-order valence-corrected chi connectivity index (χ1v) is 6.59. The van der Waals surface area contributed by atoms with Gasteiger partial charge in [-0.1, -0.05) is 25.1 Å². The second-order valence-electron chi connectivity index (χ2n) is 4.50. The molecule has 1 aromatic carbocycles. The molecule has 0 fully saturated rings. The lowest BCUT2D eigenvalue weighted by Crippen LogP contribution is -2.26. The normalized spacial score (nSPS) is 11.8. The van der Waals surface area contributed by atoms with Crippen LogP contribution in [-0.2, 0) is 11.2 Å². The van der Waals surface area contributed by atoms with E-state index in [1.165, 1.54) is 0 Å². The lowest BCUT2D eigenvalue weighted by molar-refractivity contribution is -0.117. The van der Waals surface area contributed by atoms with Crippen molar-refractivity contribution in [2.45, 2.75) is 26.7 Å². The number of aromatic nitrogens is 2. The maximum atomic E-state index is 11.7. The highest BCUT2D eigenvalue weighted by Gasteiger charge is 2.04. The van der Waals surface area contributed by atoms with Crippen molar-refractivity contribution in [3.63, 3.8) is 0 Å². The first-order valence-electron chi connectivity index (χ1n) is 6.59. The summed E-state index contributed by atoms with van der Waals surface area (Å²) >= 11 is 0. The van der Waals surface area contributed by atoms with Gasteiger partial charge in [-0.3, -0.25) is 4.79 Å². The highest BCUT2D eigenvalue weighted by atomic mass is 16.1. The number of rotatable bonds is 5. The molecule has 0 saturated carbocycles. The van der Waals surface area contributed by atoms with E-state index in [0.717, 1.165) is 28.9 Å². The Morgan fingerprint density at radius 3 is 2.95 bits per heavy atom. The second-order valence-corrected chi connectivity index (χ2v) is 4.50. The van der Waals surface area contributed by atoms with Crippen molar-refractivity contribution in [3.8, 4) is 0 Å². The summed E-state index contributed by atoms with van der Waals surface area (Å²) in [6.45, 7) is 4.44. The number of benzene rings is 1. The standard InChI is InChI=1S/C15H19N3O/c1-3-6-11(2)15(19)16-10-9-14-17-12-7-4-5-8-13(12)18-14/h4-8H,3,9-10H2,1-2H3,(H,16,19)(H,17,18)/b11-6+. The molecular formula is C15H19N3O. The number of H-pyrrole nitrogens is 1. The highest BCUT2D eigenvalue weighted by Crippen LogP contribution is 2.10. The molecule has 0 spiro atoms. The fourth-order valence-corrected chi connectivity index (χ4v) is 1.96. The molecular weight excluding hydrogens is 238 g/mol. The molecule has 0 saturated heterocycles. The van der Waals surface area contributed by atoms with Crippen LogP contribution in [-0.4, -0.2) is 22.4 Å². The van der Waals surface area contributed by atoms with Crippen LogP contribution in [0.1, 0.15) is 26.1 Å². The summed E-state index contributed by atoms with van der Waals surface area (Å²) in [5, 5.41) is 2.89. The number of carbonyl (C=O) groups excluding carboxylic acids is 1. The van der Waals surface area contributed by atoms with Crippen LogP contribution in [0.4, 0.5) is 0 Å².